The number of amides is 2. The van der Waals surface area contributed by atoms with Crippen molar-refractivity contribution < 1.29 is 19.4 Å². The molecule has 0 bridgehead atoms. The summed E-state index contributed by atoms with van der Waals surface area (Å²) in [4.78, 5) is 23.0. The number of aliphatic hydroxyl groups is 2. The number of halogens is 2. The average molecular weight is 463 g/mol. The van der Waals surface area contributed by atoms with E-state index in [1.165, 1.54) is 23.5 Å². The molecule has 0 aliphatic carbocycles. The van der Waals surface area contributed by atoms with Crippen LogP contribution in [0.1, 0.15) is 17.7 Å². The number of hydrogen-bond donors (Lipinski definition) is 3. The van der Waals surface area contributed by atoms with E-state index in [2.05, 4.69) is 15.3 Å². The number of aliphatic hydroxyl groups excluding tert-OH is 2. The van der Waals surface area contributed by atoms with Gasteiger partial charge in [0.2, 0.25) is 0 Å². The summed E-state index contributed by atoms with van der Waals surface area (Å²) in [6.07, 6.45) is 3.56. The lowest BCUT2D eigenvalue weighted by molar-refractivity contribution is 0.0954. The maximum absolute atomic E-state index is 13.3. The van der Waals surface area contributed by atoms with Gasteiger partial charge >= 0.3 is 6.03 Å². The second kappa shape index (κ2) is 9.27. The van der Waals surface area contributed by atoms with Crippen molar-refractivity contribution in [2.45, 2.75) is 18.9 Å². The molecule has 0 unspecified atom stereocenters. The number of anilines is 1. The van der Waals surface area contributed by atoms with Crippen molar-refractivity contribution in [2.24, 2.45) is 0 Å². The number of aromatic nitrogens is 2. The number of nitrogens with zero attached hydrogens (tertiary/aromatic N) is 3. The van der Waals surface area contributed by atoms with Crippen molar-refractivity contribution in [1.82, 2.24) is 14.9 Å². The Labute approximate surface area is 186 Å². The van der Waals surface area contributed by atoms with E-state index in [0.29, 0.717) is 45.6 Å². The Balaban J connectivity index is 1.40. The SMILES string of the molecule is O=C(Nc1nc2ccc(F)cc2s1)N1CC=C(c2ncc(C[C@H](O)CO)cc2Cl)CC1. The van der Waals surface area contributed by atoms with Crippen LogP contribution in [-0.4, -0.2) is 56.9 Å². The van der Waals surface area contributed by atoms with Gasteiger partial charge in [-0.05, 0) is 41.8 Å². The van der Waals surface area contributed by atoms with E-state index in [1.54, 1.807) is 23.2 Å². The van der Waals surface area contributed by atoms with Crippen LogP contribution in [0.3, 0.4) is 0 Å². The molecule has 0 radical (unpaired) electrons. The number of carbonyl (C=O) groups excluding carboxylic acids is 1. The lowest BCUT2D eigenvalue weighted by Crippen LogP contribution is -2.37. The molecule has 1 aliphatic heterocycles. The molecule has 3 heterocycles. The van der Waals surface area contributed by atoms with Crippen LogP contribution >= 0.6 is 22.9 Å². The highest BCUT2D eigenvalue weighted by atomic mass is 35.5. The third kappa shape index (κ3) is 5.01. The number of benzene rings is 1. The zero-order valence-electron chi connectivity index (χ0n) is 16.4. The molecule has 7 nitrogen and oxygen atoms in total. The third-order valence-corrected chi connectivity index (χ3v) is 6.17. The highest BCUT2D eigenvalue weighted by molar-refractivity contribution is 7.22. The lowest BCUT2D eigenvalue weighted by Gasteiger charge is -2.26. The predicted octanol–water partition coefficient (Wildman–Crippen LogP) is 3.70. The van der Waals surface area contributed by atoms with Crippen LogP contribution in [0.5, 0.6) is 0 Å². The Bertz CT molecular complexity index is 1150. The van der Waals surface area contributed by atoms with Gasteiger partial charge in [0.25, 0.3) is 0 Å². The summed E-state index contributed by atoms with van der Waals surface area (Å²) in [6, 6.07) is 5.77. The molecule has 0 fully saturated rings. The van der Waals surface area contributed by atoms with E-state index in [9.17, 15) is 14.3 Å². The van der Waals surface area contributed by atoms with E-state index >= 15 is 0 Å². The van der Waals surface area contributed by atoms with E-state index in [4.69, 9.17) is 16.7 Å². The van der Waals surface area contributed by atoms with Crippen molar-refractivity contribution in [1.29, 1.82) is 0 Å². The summed E-state index contributed by atoms with van der Waals surface area (Å²) in [6.45, 7) is 0.556. The molecule has 31 heavy (non-hydrogen) atoms. The van der Waals surface area contributed by atoms with Gasteiger partial charge in [-0.2, -0.15) is 0 Å². The molecular formula is C21H20ClFN4O3S. The smallest absolute Gasteiger partial charge is 0.323 e. The Morgan fingerprint density at radius 3 is 2.94 bits per heavy atom. The fourth-order valence-electron chi connectivity index (χ4n) is 3.35. The zero-order valence-corrected chi connectivity index (χ0v) is 18.0. The van der Waals surface area contributed by atoms with Gasteiger partial charge in [0.1, 0.15) is 5.82 Å². The van der Waals surface area contributed by atoms with Gasteiger partial charge in [-0.1, -0.05) is 29.0 Å². The maximum atomic E-state index is 13.3. The Morgan fingerprint density at radius 2 is 2.23 bits per heavy atom. The molecule has 1 aromatic carbocycles. The quantitative estimate of drug-likeness (QED) is 0.537. The first-order chi connectivity index (χ1) is 14.9. The molecule has 0 saturated heterocycles. The van der Waals surface area contributed by atoms with Gasteiger partial charge in [-0.25, -0.2) is 14.2 Å². The number of pyridine rings is 1. The molecule has 1 atom stereocenters. The third-order valence-electron chi connectivity index (χ3n) is 4.94. The number of hydrogen-bond acceptors (Lipinski definition) is 6. The van der Waals surface area contributed by atoms with Crippen LogP contribution in [0.15, 0.2) is 36.5 Å². The molecule has 3 N–H and O–H groups in total. The van der Waals surface area contributed by atoms with Crippen LogP contribution in [0, 0.1) is 5.82 Å². The predicted molar refractivity (Wildman–Crippen MR) is 119 cm³/mol. The van der Waals surface area contributed by atoms with Crippen LogP contribution in [0.2, 0.25) is 5.02 Å². The van der Waals surface area contributed by atoms with E-state index < -0.39 is 6.10 Å². The van der Waals surface area contributed by atoms with Crippen molar-refractivity contribution >= 4 is 49.9 Å². The van der Waals surface area contributed by atoms with Crippen LogP contribution in [0.4, 0.5) is 14.3 Å². The minimum Gasteiger partial charge on any atom is -0.394 e. The first kappa shape index (κ1) is 21.6. The van der Waals surface area contributed by atoms with Crippen molar-refractivity contribution in [3.63, 3.8) is 0 Å². The molecule has 0 spiro atoms. The van der Waals surface area contributed by atoms with Gasteiger partial charge in [0.05, 0.1) is 33.6 Å². The van der Waals surface area contributed by atoms with Crippen molar-refractivity contribution in [2.75, 3.05) is 25.0 Å². The van der Waals surface area contributed by atoms with E-state index in [1.807, 2.05) is 6.08 Å². The fraction of sp³-hybridized carbons (Fsp3) is 0.286. The highest BCUT2D eigenvalue weighted by Gasteiger charge is 2.21. The summed E-state index contributed by atoms with van der Waals surface area (Å²) in [5.41, 5.74) is 2.97. The van der Waals surface area contributed by atoms with Crippen molar-refractivity contribution in [3.05, 3.63) is 58.6 Å². The van der Waals surface area contributed by atoms with Gasteiger partial charge in [-0.3, -0.25) is 10.3 Å². The number of fused-ring (bicyclic) bond motifs is 1. The Kier molecular flexibility index (Phi) is 6.47. The van der Waals surface area contributed by atoms with Gasteiger partial charge in [-0.15, -0.1) is 0 Å². The lowest BCUT2D eigenvalue weighted by atomic mass is 10.0. The first-order valence-corrected chi connectivity index (χ1v) is 10.9. The molecule has 0 saturated carbocycles. The first-order valence-electron chi connectivity index (χ1n) is 9.67. The molecule has 162 valence electrons. The normalized spacial score (nSPS) is 15.1. The molecule has 3 aromatic rings. The Morgan fingerprint density at radius 1 is 1.39 bits per heavy atom. The largest absolute Gasteiger partial charge is 0.394 e. The summed E-state index contributed by atoms with van der Waals surface area (Å²) in [7, 11) is 0. The molecule has 1 aliphatic rings. The molecule has 10 heteroatoms. The van der Waals surface area contributed by atoms with Gasteiger partial charge in [0.15, 0.2) is 5.13 Å². The number of carbonyl (C=O) groups is 1. The minimum atomic E-state index is -0.848. The number of thiazole rings is 1. The number of urea groups is 1. The molecular weight excluding hydrogens is 443 g/mol. The summed E-state index contributed by atoms with van der Waals surface area (Å²) < 4.78 is 14.0. The molecule has 4 rings (SSSR count). The average Bonchev–Trinajstić information content (AvgIpc) is 3.15. The maximum Gasteiger partial charge on any atom is 0.323 e. The van der Waals surface area contributed by atoms with Gasteiger partial charge < -0.3 is 15.1 Å². The summed E-state index contributed by atoms with van der Waals surface area (Å²) in [5, 5.41) is 22.2. The summed E-state index contributed by atoms with van der Waals surface area (Å²) in [5.74, 6) is -0.340. The van der Waals surface area contributed by atoms with E-state index in [-0.39, 0.29) is 24.9 Å². The molecule has 2 aromatic heterocycles. The second-order valence-corrected chi connectivity index (χ2v) is 8.64. The van der Waals surface area contributed by atoms with E-state index in [0.717, 1.165) is 11.1 Å². The minimum absolute atomic E-state index is 0.273. The standard InChI is InChI=1S/C21H20ClFN4O3S/c22-16-8-12(7-15(29)11-28)10-24-19(16)13-3-5-27(6-4-13)21(30)26-20-25-17-2-1-14(23)9-18(17)31-20/h1-3,8-10,15,28-29H,4-7,11H2,(H,25,26,30)/t15-/m0/s1. The number of rotatable bonds is 5. The number of nitrogens with one attached hydrogen (secondary N) is 1. The highest BCUT2D eigenvalue weighted by Crippen LogP contribution is 2.29. The van der Waals surface area contributed by atoms with Gasteiger partial charge in [0, 0.05) is 25.7 Å². The summed E-state index contributed by atoms with van der Waals surface area (Å²) >= 11 is 7.60. The van der Waals surface area contributed by atoms with Crippen LogP contribution < -0.4 is 5.32 Å². The van der Waals surface area contributed by atoms with Crippen LogP contribution in [0.25, 0.3) is 15.8 Å². The fourth-order valence-corrected chi connectivity index (χ4v) is 4.54. The second-order valence-electron chi connectivity index (χ2n) is 7.20. The topological polar surface area (TPSA) is 98.6 Å². The Hall–Kier alpha value is -2.59. The monoisotopic (exact) mass is 462 g/mol. The van der Waals surface area contributed by atoms with Crippen molar-refractivity contribution in [3.8, 4) is 0 Å². The zero-order chi connectivity index (χ0) is 22.0. The van der Waals surface area contributed by atoms with Crippen LogP contribution in [-0.2, 0) is 6.42 Å². The molecule has 2 amide bonds.